The molecular weight excluding hydrogens is 156 g/mol. The first kappa shape index (κ1) is 7.19. The number of imide groups is 4. The van der Waals surface area contributed by atoms with Crippen LogP contribution >= 0.6 is 0 Å². The number of carbonyl (C=O) groups excluding carboxylic acids is 3. The molecule has 0 unspecified atom stereocenters. The molecule has 0 bridgehead atoms. The second-order valence-corrected chi connectivity index (χ2v) is 1.68. The van der Waals surface area contributed by atoms with Crippen molar-refractivity contribution in [2.24, 2.45) is 0 Å². The molecule has 0 radical (unpaired) electrons. The topological polar surface area (TPSA) is 104 Å². The molecule has 0 aromatic heterocycles. The highest BCUT2D eigenvalue weighted by Gasteiger charge is 2.41. The molecule has 0 aliphatic carbocycles. The average Bonchev–Trinajstić information content (AvgIpc) is 2.07. The SMILES string of the molecule is O=C1NC(=O)N(C(=O)O)C1=O. The quantitative estimate of drug-likeness (QED) is 0.338. The highest BCUT2D eigenvalue weighted by atomic mass is 16.4. The zero-order valence-electron chi connectivity index (χ0n) is 5.03. The lowest BCUT2D eigenvalue weighted by Crippen LogP contribution is -2.35. The summed E-state index contributed by atoms with van der Waals surface area (Å²) in [6.45, 7) is 0. The van der Waals surface area contributed by atoms with E-state index < -0.39 is 23.9 Å². The minimum atomic E-state index is -1.77. The number of carbonyl (C=O) groups is 4. The summed E-state index contributed by atoms with van der Waals surface area (Å²) in [4.78, 5) is 41.1. The van der Waals surface area contributed by atoms with Gasteiger partial charge in [-0.3, -0.25) is 14.9 Å². The molecule has 1 aliphatic heterocycles. The van der Waals surface area contributed by atoms with E-state index in [0.29, 0.717) is 0 Å². The Bertz CT molecular complexity index is 270. The van der Waals surface area contributed by atoms with E-state index in [1.165, 1.54) is 5.32 Å². The molecule has 2 N–H and O–H groups in total. The van der Waals surface area contributed by atoms with Crippen LogP contribution in [0, 0.1) is 0 Å². The fourth-order valence-electron chi connectivity index (χ4n) is 0.574. The van der Waals surface area contributed by atoms with Crippen LogP contribution in [-0.4, -0.2) is 33.9 Å². The lowest BCUT2D eigenvalue weighted by molar-refractivity contribution is -0.139. The summed E-state index contributed by atoms with van der Waals surface area (Å²) in [5, 5.41) is 9.68. The molecule has 1 heterocycles. The lowest BCUT2D eigenvalue weighted by Gasteiger charge is -2.00. The van der Waals surface area contributed by atoms with E-state index >= 15 is 0 Å². The van der Waals surface area contributed by atoms with Crippen LogP contribution in [0.1, 0.15) is 0 Å². The van der Waals surface area contributed by atoms with Crippen molar-refractivity contribution in [1.82, 2.24) is 10.2 Å². The molecule has 5 amide bonds. The number of carboxylic acid groups (broad SMARTS) is 1. The van der Waals surface area contributed by atoms with E-state index in [0.717, 1.165) is 0 Å². The molecule has 11 heavy (non-hydrogen) atoms. The van der Waals surface area contributed by atoms with Gasteiger partial charge in [0.1, 0.15) is 0 Å². The maximum absolute atomic E-state index is 10.5. The number of nitrogens with zero attached hydrogens (tertiary/aromatic N) is 1. The van der Waals surface area contributed by atoms with Crippen molar-refractivity contribution in [2.45, 2.75) is 0 Å². The summed E-state index contributed by atoms with van der Waals surface area (Å²) in [5.41, 5.74) is 0. The van der Waals surface area contributed by atoms with Gasteiger partial charge in [0.15, 0.2) is 0 Å². The Morgan fingerprint density at radius 2 is 1.91 bits per heavy atom. The number of urea groups is 1. The average molecular weight is 158 g/mol. The zero-order valence-corrected chi connectivity index (χ0v) is 5.03. The van der Waals surface area contributed by atoms with Gasteiger partial charge in [-0.2, -0.15) is 4.90 Å². The summed E-state index contributed by atoms with van der Waals surface area (Å²) in [6, 6.07) is -1.23. The van der Waals surface area contributed by atoms with Crippen LogP contribution in [-0.2, 0) is 9.59 Å². The molecule has 1 fully saturated rings. The number of amides is 5. The Morgan fingerprint density at radius 1 is 1.36 bits per heavy atom. The minimum absolute atomic E-state index is 0.192. The van der Waals surface area contributed by atoms with E-state index in [1.807, 2.05) is 0 Å². The number of nitrogens with one attached hydrogen (secondary N) is 1. The van der Waals surface area contributed by atoms with E-state index in [4.69, 9.17) is 5.11 Å². The minimum Gasteiger partial charge on any atom is -0.464 e. The smallest absolute Gasteiger partial charge is 0.422 e. The standard InChI is InChI=1S/C4H2N2O5/c7-1-2(8)6(4(10)11)3(9)5-1/h(H,10,11)(H,5,7,9). The van der Waals surface area contributed by atoms with Gasteiger partial charge in [0.05, 0.1) is 0 Å². The lowest BCUT2D eigenvalue weighted by atomic mass is 10.6. The molecule has 0 aromatic carbocycles. The summed E-state index contributed by atoms with van der Waals surface area (Å²) in [7, 11) is 0. The molecule has 0 aromatic rings. The number of rotatable bonds is 0. The molecule has 58 valence electrons. The Balaban J connectivity index is 2.98. The van der Waals surface area contributed by atoms with Crippen LogP contribution in [0.4, 0.5) is 9.59 Å². The van der Waals surface area contributed by atoms with Gasteiger partial charge >= 0.3 is 23.9 Å². The summed E-state index contributed by atoms with van der Waals surface area (Å²) in [6.07, 6.45) is -1.77. The van der Waals surface area contributed by atoms with E-state index in [1.54, 1.807) is 0 Å². The van der Waals surface area contributed by atoms with Crippen molar-refractivity contribution in [3.8, 4) is 0 Å². The molecule has 0 saturated carbocycles. The third-order valence-electron chi connectivity index (χ3n) is 1.01. The monoisotopic (exact) mass is 158 g/mol. The Hall–Kier alpha value is -1.92. The predicted molar refractivity (Wildman–Crippen MR) is 28.4 cm³/mol. The third-order valence-corrected chi connectivity index (χ3v) is 1.01. The largest absolute Gasteiger partial charge is 0.464 e. The fraction of sp³-hybridized carbons (Fsp3) is 0. The summed E-state index contributed by atoms with van der Waals surface area (Å²) >= 11 is 0. The van der Waals surface area contributed by atoms with Crippen LogP contribution in [0.5, 0.6) is 0 Å². The van der Waals surface area contributed by atoms with Crippen LogP contribution in [0.25, 0.3) is 0 Å². The first-order chi connectivity index (χ1) is 5.04. The normalized spacial score (nSPS) is 17.1. The van der Waals surface area contributed by atoms with Gasteiger partial charge in [0.25, 0.3) is 0 Å². The van der Waals surface area contributed by atoms with E-state index in [-0.39, 0.29) is 4.90 Å². The maximum atomic E-state index is 10.5. The van der Waals surface area contributed by atoms with E-state index in [9.17, 15) is 19.2 Å². The van der Waals surface area contributed by atoms with Crippen molar-refractivity contribution in [2.75, 3.05) is 0 Å². The van der Waals surface area contributed by atoms with Crippen molar-refractivity contribution >= 4 is 23.9 Å². The first-order valence-corrected chi connectivity index (χ1v) is 2.46. The van der Waals surface area contributed by atoms with Gasteiger partial charge in [-0.1, -0.05) is 0 Å². The van der Waals surface area contributed by atoms with Crippen molar-refractivity contribution in [1.29, 1.82) is 0 Å². The van der Waals surface area contributed by atoms with Gasteiger partial charge in [0.2, 0.25) is 0 Å². The van der Waals surface area contributed by atoms with Gasteiger partial charge in [-0.05, 0) is 0 Å². The summed E-state index contributed by atoms with van der Waals surface area (Å²) < 4.78 is 0. The van der Waals surface area contributed by atoms with Gasteiger partial charge in [-0.15, -0.1) is 0 Å². The predicted octanol–water partition coefficient (Wildman–Crippen LogP) is -1.26. The molecular formula is C4H2N2O5. The molecule has 0 spiro atoms. The molecule has 7 nitrogen and oxygen atoms in total. The first-order valence-electron chi connectivity index (χ1n) is 2.46. The Labute approximate surface area is 59.6 Å². The fourth-order valence-corrected chi connectivity index (χ4v) is 0.574. The van der Waals surface area contributed by atoms with Gasteiger partial charge in [0, 0.05) is 0 Å². The van der Waals surface area contributed by atoms with Gasteiger partial charge in [-0.25, -0.2) is 9.59 Å². The molecule has 0 atom stereocenters. The van der Waals surface area contributed by atoms with Crippen molar-refractivity contribution < 1.29 is 24.3 Å². The van der Waals surface area contributed by atoms with Crippen LogP contribution in [0.2, 0.25) is 0 Å². The summed E-state index contributed by atoms with van der Waals surface area (Å²) in [5.74, 6) is -2.60. The number of hydrogen-bond donors (Lipinski definition) is 2. The van der Waals surface area contributed by atoms with E-state index in [2.05, 4.69) is 0 Å². The van der Waals surface area contributed by atoms with Crippen molar-refractivity contribution in [3.63, 3.8) is 0 Å². The Kier molecular flexibility index (Phi) is 1.34. The van der Waals surface area contributed by atoms with Crippen molar-refractivity contribution in [3.05, 3.63) is 0 Å². The molecule has 1 aliphatic rings. The van der Waals surface area contributed by atoms with Gasteiger partial charge < -0.3 is 5.11 Å². The third kappa shape index (κ3) is 0.914. The Morgan fingerprint density at radius 3 is 2.09 bits per heavy atom. The maximum Gasteiger partial charge on any atom is 0.422 e. The van der Waals surface area contributed by atoms with Crippen LogP contribution in [0.15, 0.2) is 0 Å². The molecule has 7 heteroatoms. The number of hydrogen-bond acceptors (Lipinski definition) is 4. The highest BCUT2D eigenvalue weighted by Crippen LogP contribution is 1.99. The molecule has 1 rings (SSSR count). The molecule has 1 saturated heterocycles. The van der Waals surface area contributed by atoms with Crippen LogP contribution in [0.3, 0.4) is 0 Å². The highest BCUT2D eigenvalue weighted by molar-refractivity contribution is 6.47. The zero-order chi connectivity index (χ0) is 8.59. The second-order valence-electron chi connectivity index (χ2n) is 1.68. The van der Waals surface area contributed by atoms with Crippen LogP contribution < -0.4 is 5.32 Å². The second kappa shape index (κ2) is 2.04.